The molecular weight excluding hydrogens is 1610 g/mol. The first-order chi connectivity index (χ1) is 59.4. The summed E-state index contributed by atoms with van der Waals surface area (Å²) in [5.74, 6) is 1.81. The molecule has 9 aromatic heterocycles. The Hall–Kier alpha value is -11.6. The summed E-state index contributed by atoms with van der Waals surface area (Å²) in [4.78, 5) is 84.1. The maximum atomic E-state index is 15.3. The Morgan fingerprint density at radius 3 is 1.16 bits per heavy atom. The molecule has 0 spiro atoms. The summed E-state index contributed by atoms with van der Waals surface area (Å²) >= 11 is 0. The normalized spacial score (nSPS) is 16.7. The molecule has 4 aliphatic rings. The van der Waals surface area contributed by atoms with E-state index >= 15 is 17.6 Å². The van der Waals surface area contributed by atoms with Crippen molar-refractivity contribution in [3.63, 3.8) is 0 Å². The average molecular weight is 1720 g/mol. The highest BCUT2D eigenvalue weighted by atomic mass is 19.1. The lowest BCUT2D eigenvalue weighted by molar-refractivity contribution is -0.123. The number of fused-ring (bicyclic) bond motifs is 6. The van der Waals surface area contributed by atoms with Gasteiger partial charge in [-0.05, 0) is 221 Å². The number of imidazole rings is 3. The van der Waals surface area contributed by atoms with Crippen LogP contribution in [-0.4, -0.2) is 226 Å². The van der Waals surface area contributed by atoms with Crippen LogP contribution in [0.4, 0.5) is 61.6 Å². The maximum Gasteiger partial charge on any atom is 0.290 e. The lowest BCUT2D eigenvalue weighted by Crippen LogP contribution is -2.42. The SMILES string of the molecule is Cc1nc2c(F)cc(-c3nc(Nc4ccc5c(n4)CCN(CCN(C)C)C5)ncc3F)cc2n1C1CCC(C)CC1.Cc1nc2c(F)cc(-c3nc(Nc4ccc5c(n4)C[C@@H](C)N(CCN(C)C)C5)ncc3F)cc2n1C(C)(C)C.Cc1nc2c(F)cc(-c3nc(Nc4ccc5c(n4)C[C@H](C)N(CCN(C)C)C5)ncc3F)cc2n1C(C)(C)C.O=CO.O=CO. The molecule has 3 aromatic carbocycles. The Labute approximate surface area is 725 Å². The number of carbonyl (C=O) groups is 2. The summed E-state index contributed by atoms with van der Waals surface area (Å²) in [6, 6.07) is 22.1. The van der Waals surface area contributed by atoms with Crippen LogP contribution in [0.15, 0.2) is 91.4 Å². The fourth-order valence-corrected chi connectivity index (χ4v) is 16.8. The molecule has 28 nitrogen and oxygen atoms in total. The van der Waals surface area contributed by atoms with Gasteiger partial charge in [0.1, 0.15) is 68.6 Å². The number of halogens is 6. The Kier molecular flexibility index (Phi) is 29.4. The van der Waals surface area contributed by atoms with Crippen molar-refractivity contribution in [2.75, 3.05) is 104 Å². The lowest BCUT2D eigenvalue weighted by Gasteiger charge is -2.35. The van der Waals surface area contributed by atoms with Crippen molar-refractivity contribution < 1.29 is 46.1 Å². The van der Waals surface area contributed by atoms with Crippen molar-refractivity contribution in [2.45, 2.75) is 177 Å². The molecular formula is C91H114F6N24O4. The third-order valence-corrected chi connectivity index (χ3v) is 22.9. The van der Waals surface area contributed by atoms with Crippen LogP contribution in [0, 0.1) is 61.6 Å². The van der Waals surface area contributed by atoms with Crippen LogP contribution in [0.25, 0.3) is 66.9 Å². The molecule has 0 bridgehead atoms. The van der Waals surface area contributed by atoms with E-state index < -0.39 is 34.9 Å². The second-order valence-corrected chi connectivity index (χ2v) is 35.4. The first-order valence-corrected chi connectivity index (χ1v) is 42.1. The Balaban J connectivity index is 0.000000165. The number of hydrogen-bond donors (Lipinski definition) is 5. The van der Waals surface area contributed by atoms with Crippen LogP contribution < -0.4 is 16.0 Å². The van der Waals surface area contributed by atoms with E-state index in [1.807, 2.05) is 95.7 Å². The van der Waals surface area contributed by atoms with E-state index in [2.05, 4.69) is 176 Å². The number of nitrogens with one attached hydrogen (secondary N) is 3. The van der Waals surface area contributed by atoms with Crippen molar-refractivity contribution >= 4 is 81.3 Å². The molecule has 34 heteroatoms. The van der Waals surface area contributed by atoms with Crippen LogP contribution in [0.3, 0.4) is 0 Å². The highest BCUT2D eigenvalue weighted by Gasteiger charge is 2.32. The summed E-state index contributed by atoms with van der Waals surface area (Å²) in [5, 5.41) is 23.1. The smallest absolute Gasteiger partial charge is 0.290 e. The van der Waals surface area contributed by atoms with E-state index in [0.29, 0.717) is 85.9 Å². The van der Waals surface area contributed by atoms with Gasteiger partial charge in [0.15, 0.2) is 34.9 Å². The molecule has 0 saturated heterocycles. The number of carboxylic acid groups (broad SMARTS) is 2. The molecule has 664 valence electrons. The number of aryl methyl sites for hydroxylation is 3. The number of likely N-dealkylation sites (N-methyl/N-ethyl adjacent to an activating group) is 3. The van der Waals surface area contributed by atoms with Crippen molar-refractivity contribution in [3.8, 4) is 33.8 Å². The van der Waals surface area contributed by atoms with Gasteiger partial charge in [-0.25, -0.2) is 86.2 Å². The van der Waals surface area contributed by atoms with Gasteiger partial charge in [0.25, 0.3) is 12.9 Å². The second-order valence-electron chi connectivity index (χ2n) is 35.4. The van der Waals surface area contributed by atoms with Gasteiger partial charge in [-0.1, -0.05) is 25.1 Å². The Bertz CT molecular complexity index is 5600. The van der Waals surface area contributed by atoms with Gasteiger partial charge in [-0.15, -0.1) is 0 Å². The molecule has 0 radical (unpaired) electrons. The zero-order valence-corrected chi connectivity index (χ0v) is 74.5. The van der Waals surface area contributed by atoms with Crippen molar-refractivity contribution in [1.82, 2.24) is 103 Å². The van der Waals surface area contributed by atoms with E-state index in [1.165, 1.54) is 34.9 Å². The van der Waals surface area contributed by atoms with E-state index in [9.17, 15) is 8.78 Å². The van der Waals surface area contributed by atoms with Crippen molar-refractivity contribution in [2.24, 2.45) is 5.92 Å². The average Bonchev–Trinajstić information content (AvgIpc) is 1.61. The minimum Gasteiger partial charge on any atom is -0.483 e. The third-order valence-electron chi connectivity index (χ3n) is 22.9. The molecule has 16 rings (SSSR count). The van der Waals surface area contributed by atoms with Crippen LogP contribution in [0.5, 0.6) is 0 Å². The van der Waals surface area contributed by atoms with Gasteiger partial charge in [0.2, 0.25) is 17.8 Å². The molecule has 0 unspecified atom stereocenters. The van der Waals surface area contributed by atoms with E-state index in [-0.39, 0.29) is 76.0 Å². The van der Waals surface area contributed by atoms with Crippen LogP contribution >= 0.6 is 0 Å². The number of nitrogens with zero attached hydrogens (tertiary/aromatic N) is 21. The summed E-state index contributed by atoms with van der Waals surface area (Å²) in [6.45, 7) is 33.5. The third kappa shape index (κ3) is 22.2. The number of pyridine rings is 3. The molecule has 12 heterocycles. The van der Waals surface area contributed by atoms with E-state index in [4.69, 9.17) is 34.8 Å². The van der Waals surface area contributed by atoms with Gasteiger partial charge < -0.3 is 54.6 Å². The summed E-state index contributed by atoms with van der Waals surface area (Å²) < 4.78 is 96.6. The predicted octanol–water partition coefficient (Wildman–Crippen LogP) is 15.9. The largest absolute Gasteiger partial charge is 0.483 e. The predicted molar refractivity (Wildman–Crippen MR) is 475 cm³/mol. The molecule has 0 amide bonds. The standard InChI is InChI=1S/C31H38F2N8.2C29H36F2N8.2CH2O2/c1-19-5-8-23(9-6-19)41-20(2)35-30-24(32)15-22(16-27(30)41)29-25(33)17-34-31(38-29)37-28-10-7-21-18-40(14-13-39(3)4)12-11-26(21)36-28;2*1-17-12-23-19(16-38(17)11-10-37(6)7)8-9-25(34-23)35-28-32-15-22(31)26(36-28)20-13-21(30)27-24(14-20)39(18(2)33-27)29(3,4)5;2*2-1-3/h7,10,15-17,19,23H,5-6,8-9,11-14,18H2,1-4H3,(H,34,36,37,38);2*8-9,13-15,17H,10-12,16H2,1-7H3,(H,32,34,35,36);2*1H,(H,2,3)/t;2*17-;;/m.10../s1. The van der Waals surface area contributed by atoms with Gasteiger partial charge >= 0.3 is 0 Å². The number of hydrogen-bond acceptors (Lipinski definition) is 23. The quantitative estimate of drug-likeness (QED) is 0.0371. The number of anilines is 6. The molecule has 12 aromatic rings. The second kappa shape index (κ2) is 39.7. The molecule has 125 heavy (non-hydrogen) atoms. The van der Waals surface area contributed by atoms with Crippen molar-refractivity contribution in [1.29, 1.82) is 0 Å². The first kappa shape index (κ1) is 92.6. The van der Waals surface area contributed by atoms with Gasteiger partial charge in [-0.2, -0.15) is 0 Å². The lowest BCUT2D eigenvalue weighted by atomic mass is 9.87. The molecule has 2 atom stereocenters. The minimum atomic E-state index is -0.636. The van der Waals surface area contributed by atoms with Crippen molar-refractivity contribution in [3.05, 3.63) is 178 Å². The van der Waals surface area contributed by atoms with Gasteiger partial charge in [0, 0.05) is 148 Å². The summed E-state index contributed by atoms with van der Waals surface area (Å²) in [6.07, 6.45) is 10.2. The summed E-state index contributed by atoms with van der Waals surface area (Å²) in [7, 11) is 12.5. The molecule has 3 aliphatic heterocycles. The van der Waals surface area contributed by atoms with Crippen LogP contribution in [0.1, 0.15) is 145 Å². The van der Waals surface area contributed by atoms with Gasteiger partial charge in [-0.3, -0.25) is 24.3 Å². The Morgan fingerprint density at radius 1 is 0.440 bits per heavy atom. The first-order valence-electron chi connectivity index (χ1n) is 42.1. The van der Waals surface area contributed by atoms with E-state index in [1.54, 1.807) is 12.1 Å². The van der Waals surface area contributed by atoms with Gasteiger partial charge in [0.05, 0.1) is 35.1 Å². The van der Waals surface area contributed by atoms with Crippen LogP contribution in [0.2, 0.25) is 0 Å². The Morgan fingerprint density at radius 2 is 0.784 bits per heavy atom. The zero-order chi connectivity index (χ0) is 90.2. The fourth-order valence-electron chi connectivity index (χ4n) is 16.8. The minimum absolute atomic E-state index is 0.00993. The topological polar surface area (TPSA) is 300 Å². The van der Waals surface area contributed by atoms with E-state index in [0.717, 1.165) is 152 Å². The number of benzene rings is 3. The summed E-state index contributed by atoms with van der Waals surface area (Å²) in [5.41, 5.74) is 9.82. The highest BCUT2D eigenvalue weighted by molar-refractivity contribution is 5.86. The zero-order valence-electron chi connectivity index (χ0n) is 74.5. The molecule has 1 fully saturated rings. The molecule has 5 N–H and O–H groups in total. The fraction of sp³-hybridized carbons (Fsp3) is 0.451. The monoisotopic (exact) mass is 1720 g/mol. The number of rotatable bonds is 19. The van der Waals surface area contributed by atoms with Crippen LogP contribution in [-0.2, 0) is 59.6 Å². The molecule has 1 saturated carbocycles. The maximum absolute atomic E-state index is 15.3. The number of aromatic nitrogens is 15. The molecule has 1 aliphatic carbocycles. The highest BCUT2D eigenvalue weighted by Crippen LogP contribution is 2.40.